The molecule has 0 aliphatic carbocycles. The van der Waals surface area contributed by atoms with Crippen molar-refractivity contribution in [2.24, 2.45) is 17.1 Å². The third-order valence-electron chi connectivity index (χ3n) is 4.16. The standard InChI is InChI=1S/C19H31N3O3/c1-13(2)16(18(24)22(5)12-19(3,4)11-20)21-17(23)14-9-7-8-10-15(14)25-6/h7-10,13,16H,11-12,20H2,1-6H3,(H,21,23). The van der Waals surface area contributed by atoms with Crippen LogP contribution in [0.2, 0.25) is 0 Å². The number of methoxy groups -OCH3 is 1. The number of benzene rings is 1. The van der Waals surface area contributed by atoms with Crippen LogP contribution in [0.4, 0.5) is 0 Å². The number of hydrogen-bond donors (Lipinski definition) is 2. The molecule has 3 N–H and O–H groups in total. The lowest BCUT2D eigenvalue weighted by molar-refractivity contribution is -0.134. The molecule has 0 fully saturated rings. The van der Waals surface area contributed by atoms with E-state index in [2.05, 4.69) is 5.32 Å². The predicted molar refractivity (Wildman–Crippen MR) is 99.6 cm³/mol. The molecule has 1 atom stereocenters. The van der Waals surface area contributed by atoms with E-state index in [-0.39, 0.29) is 23.1 Å². The van der Waals surface area contributed by atoms with Crippen LogP contribution < -0.4 is 15.8 Å². The lowest BCUT2D eigenvalue weighted by Crippen LogP contribution is -2.52. The van der Waals surface area contributed by atoms with E-state index in [1.165, 1.54) is 7.11 Å². The lowest BCUT2D eigenvalue weighted by Gasteiger charge is -2.32. The normalized spacial score (nSPS) is 12.6. The van der Waals surface area contributed by atoms with Crippen molar-refractivity contribution in [3.05, 3.63) is 29.8 Å². The highest BCUT2D eigenvalue weighted by molar-refractivity contribution is 5.99. The van der Waals surface area contributed by atoms with Gasteiger partial charge in [-0.15, -0.1) is 0 Å². The second kappa shape index (κ2) is 8.85. The molecule has 6 heteroatoms. The van der Waals surface area contributed by atoms with E-state index in [0.717, 1.165) is 0 Å². The average Bonchev–Trinajstić information content (AvgIpc) is 2.58. The Labute approximate surface area is 150 Å². The Bertz CT molecular complexity index is 599. The minimum absolute atomic E-state index is 0.0467. The smallest absolute Gasteiger partial charge is 0.255 e. The fourth-order valence-electron chi connectivity index (χ4n) is 2.59. The molecular weight excluding hydrogens is 318 g/mol. The van der Waals surface area contributed by atoms with Crippen LogP contribution in [-0.2, 0) is 4.79 Å². The van der Waals surface area contributed by atoms with Crippen LogP contribution in [-0.4, -0.2) is 50.0 Å². The highest BCUT2D eigenvalue weighted by Crippen LogP contribution is 2.19. The van der Waals surface area contributed by atoms with Gasteiger partial charge in [0.15, 0.2) is 0 Å². The number of carbonyl (C=O) groups is 2. The number of nitrogens with zero attached hydrogens (tertiary/aromatic N) is 1. The first-order chi connectivity index (χ1) is 11.6. The maximum Gasteiger partial charge on any atom is 0.255 e. The van der Waals surface area contributed by atoms with Crippen molar-refractivity contribution in [1.29, 1.82) is 0 Å². The minimum atomic E-state index is -0.615. The minimum Gasteiger partial charge on any atom is -0.496 e. The van der Waals surface area contributed by atoms with Crippen molar-refractivity contribution in [3.8, 4) is 5.75 Å². The number of rotatable bonds is 8. The van der Waals surface area contributed by atoms with E-state index in [0.29, 0.717) is 24.4 Å². The molecule has 0 aliphatic rings. The molecule has 0 aliphatic heterocycles. The fourth-order valence-corrected chi connectivity index (χ4v) is 2.59. The number of nitrogens with two attached hydrogens (primary N) is 1. The van der Waals surface area contributed by atoms with Crippen molar-refractivity contribution >= 4 is 11.8 Å². The average molecular weight is 349 g/mol. The van der Waals surface area contributed by atoms with Crippen molar-refractivity contribution < 1.29 is 14.3 Å². The van der Waals surface area contributed by atoms with E-state index in [9.17, 15) is 9.59 Å². The van der Waals surface area contributed by atoms with Crippen LogP contribution in [0.3, 0.4) is 0 Å². The van der Waals surface area contributed by atoms with Gasteiger partial charge in [-0.3, -0.25) is 9.59 Å². The fraction of sp³-hybridized carbons (Fsp3) is 0.579. The second-order valence-corrected chi connectivity index (χ2v) is 7.46. The second-order valence-electron chi connectivity index (χ2n) is 7.46. The van der Waals surface area contributed by atoms with E-state index < -0.39 is 6.04 Å². The predicted octanol–water partition coefficient (Wildman–Crippen LogP) is 1.89. The van der Waals surface area contributed by atoms with Crippen LogP contribution in [0.25, 0.3) is 0 Å². The Kier molecular flexibility index (Phi) is 7.42. The zero-order valence-electron chi connectivity index (χ0n) is 16.1. The molecule has 0 radical (unpaired) electrons. The number of para-hydroxylation sites is 1. The Balaban J connectivity index is 2.93. The van der Waals surface area contributed by atoms with E-state index >= 15 is 0 Å². The first-order valence-electron chi connectivity index (χ1n) is 8.52. The van der Waals surface area contributed by atoms with Gasteiger partial charge in [-0.2, -0.15) is 0 Å². The van der Waals surface area contributed by atoms with Crippen molar-refractivity contribution in [2.45, 2.75) is 33.7 Å². The number of hydrogen-bond acceptors (Lipinski definition) is 4. The number of nitrogens with one attached hydrogen (secondary N) is 1. The van der Waals surface area contributed by atoms with E-state index in [1.54, 1.807) is 36.2 Å². The molecule has 0 aromatic heterocycles. The first-order valence-corrected chi connectivity index (χ1v) is 8.52. The van der Waals surface area contributed by atoms with Gasteiger partial charge in [-0.25, -0.2) is 0 Å². The Hall–Kier alpha value is -2.08. The maximum absolute atomic E-state index is 12.8. The molecule has 1 aromatic rings. The topological polar surface area (TPSA) is 84.7 Å². The van der Waals surface area contributed by atoms with Crippen LogP contribution in [0.15, 0.2) is 24.3 Å². The van der Waals surface area contributed by atoms with Gasteiger partial charge in [0.1, 0.15) is 11.8 Å². The zero-order chi connectivity index (χ0) is 19.2. The molecule has 0 heterocycles. The molecule has 1 unspecified atom stereocenters. The summed E-state index contributed by atoms with van der Waals surface area (Å²) in [6.07, 6.45) is 0. The van der Waals surface area contributed by atoms with Crippen LogP contribution in [0, 0.1) is 11.3 Å². The van der Waals surface area contributed by atoms with Gasteiger partial charge < -0.3 is 20.7 Å². The van der Waals surface area contributed by atoms with Crippen LogP contribution in [0.1, 0.15) is 38.1 Å². The summed E-state index contributed by atoms with van der Waals surface area (Å²) in [6, 6.07) is 6.34. The molecule has 0 spiro atoms. The summed E-state index contributed by atoms with van der Waals surface area (Å²) in [5.74, 6) is -0.0158. The molecule has 25 heavy (non-hydrogen) atoms. The summed E-state index contributed by atoms with van der Waals surface area (Å²) in [5, 5.41) is 2.85. The molecule has 2 amide bonds. The van der Waals surface area contributed by atoms with Crippen molar-refractivity contribution in [2.75, 3.05) is 27.2 Å². The number of carbonyl (C=O) groups excluding carboxylic acids is 2. The first kappa shape index (κ1) is 21.0. The lowest BCUT2D eigenvalue weighted by atomic mass is 9.92. The third kappa shape index (κ3) is 5.74. The van der Waals surface area contributed by atoms with Gasteiger partial charge in [0.05, 0.1) is 12.7 Å². The van der Waals surface area contributed by atoms with Gasteiger partial charge in [0.25, 0.3) is 5.91 Å². The van der Waals surface area contributed by atoms with Crippen LogP contribution >= 0.6 is 0 Å². The monoisotopic (exact) mass is 349 g/mol. The van der Waals surface area contributed by atoms with Gasteiger partial charge in [0.2, 0.25) is 5.91 Å². The zero-order valence-corrected chi connectivity index (χ0v) is 16.1. The van der Waals surface area contributed by atoms with Gasteiger partial charge in [-0.05, 0) is 30.0 Å². The molecular formula is C19H31N3O3. The van der Waals surface area contributed by atoms with Crippen LogP contribution in [0.5, 0.6) is 5.75 Å². The SMILES string of the molecule is COc1ccccc1C(=O)NC(C(=O)N(C)CC(C)(C)CN)C(C)C. The van der Waals surface area contributed by atoms with Crippen molar-refractivity contribution in [3.63, 3.8) is 0 Å². The van der Waals surface area contributed by atoms with Gasteiger partial charge in [0, 0.05) is 13.6 Å². The summed E-state index contributed by atoms with van der Waals surface area (Å²) in [7, 11) is 3.25. The molecule has 6 nitrogen and oxygen atoms in total. The van der Waals surface area contributed by atoms with Gasteiger partial charge in [-0.1, -0.05) is 39.8 Å². The summed E-state index contributed by atoms with van der Waals surface area (Å²) in [4.78, 5) is 27.1. The molecule has 0 bridgehead atoms. The molecule has 0 saturated carbocycles. The number of amides is 2. The Morgan fingerprint density at radius 1 is 1.28 bits per heavy atom. The quantitative estimate of drug-likeness (QED) is 0.751. The van der Waals surface area contributed by atoms with E-state index in [1.807, 2.05) is 27.7 Å². The summed E-state index contributed by atoms with van der Waals surface area (Å²) < 4.78 is 5.23. The number of likely N-dealkylation sites (N-methyl/N-ethyl adjacent to an activating group) is 1. The number of ether oxygens (including phenoxy) is 1. The Morgan fingerprint density at radius 3 is 2.40 bits per heavy atom. The largest absolute Gasteiger partial charge is 0.496 e. The summed E-state index contributed by atoms with van der Waals surface area (Å²) in [6.45, 7) is 8.84. The molecule has 1 rings (SSSR count). The highest BCUT2D eigenvalue weighted by atomic mass is 16.5. The van der Waals surface area contributed by atoms with E-state index in [4.69, 9.17) is 10.5 Å². The maximum atomic E-state index is 12.8. The molecule has 1 aromatic carbocycles. The molecule has 0 saturated heterocycles. The third-order valence-corrected chi connectivity index (χ3v) is 4.16. The van der Waals surface area contributed by atoms with Crippen molar-refractivity contribution in [1.82, 2.24) is 10.2 Å². The van der Waals surface area contributed by atoms with Gasteiger partial charge >= 0.3 is 0 Å². The summed E-state index contributed by atoms with van der Waals surface area (Å²) >= 11 is 0. The highest BCUT2D eigenvalue weighted by Gasteiger charge is 2.30. The molecule has 140 valence electrons. The summed E-state index contributed by atoms with van der Waals surface area (Å²) in [5.41, 5.74) is 5.99. The Morgan fingerprint density at radius 2 is 1.88 bits per heavy atom.